The van der Waals surface area contributed by atoms with Gasteiger partial charge in [0, 0.05) is 42.1 Å². The van der Waals surface area contributed by atoms with Crippen molar-refractivity contribution in [2.45, 2.75) is 121 Å². The number of rotatable bonds is 17. The minimum absolute atomic E-state index is 0.000652. The molecule has 3 unspecified atom stereocenters. The van der Waals surface area contributed by atoms with Gasteiger partial charge in [-0.25, -0.2) is 13.6 Å². The highest BCUT2D eigenvalue weighted by molar-refractivity contribution is 6.05. The molecule has 0 spiro atoms. The molecule has 1 amide bonds. The van der Waals surface area contributed by atoms with E-state index < -0.39 is 55.2 Å². The Morgan fingerprint density at radius 1 is 0.945 bits per heavy atom. The first-order valence-electron chi connectivity index (χ1n) is 19.6. The number of aliphatic carboxylic acids is 1. The maximum Gasteiger partial charge on any atom is 0.403 e. The largest absolute Gasteiger partial charge is 0.480 e. The van der Waals surface area contributed by atoms with E-state index >= 15 is 0 Å². The molecule has 0 aliphatic carbocycles. The molecule has 2 saturated heterocycles. The van der Waals surface area contributed by atoms with Crippen molar-refractivity contribution in [2.24, 2.45) is 5.41 Å². The molecule has 55 heavy (non-hydrogen) atoms. The highest BCUT2D eigenvalue weighted by Gasteiger charge is 2.59. The van der Waals surface area contributed by atoms with Crippen LogP contribution < -0.4 is 5.32 Å². The number of carbonyl (C=O) groups is 2. The SMILES string of the molecule is CCCC(CC/C=C\CC(F)F)(C(=O)N[C@@H](Cc1cccc2c(-c3nccc4ccc(CCCN5C6CCCC5CC6)cc34)cccc12)C(=O)O)C(F)(F)F. The number of aryl methyl sites for hydroxylation is 1. The zero-order chi connectivity index (χ0) is 39.2. The molecule has 2 aliphatic heterocycles. The Bertz CT molecular complexity index is 1980. The third kappa shape index (κ3) is 9.03. The maximum atomic E-state index is 14.7. The van der Waals surface area contributed by atoms with E-state index in [1.165, 1.54) is 50.7 Å². The summed E-state index contributed by atoms with van der Waals surface area (Å²) in [4.78, 5) is 33.6. The van der Waals surface area contributed by atoms with Crippen LogP contribution in [-0.2, 0) is 22.4 Å². The molecular formula is C44H50F5N3O3. The average molecular weight is 764 g/mol. The summed E-state index contributed by atoms with van der Waals surface area (Å²) in [5, 5.41) is 16.0. The van der Waals surface area contributed by atoms with Crippen molar-refractivity contribution in [1.29, 1.82) is 0 Å². The van der Waals surface area contributed by atoms with Crippen molar-refractivity contribution < 1.29 is 36.6 Å². The van der Waals surface area contributed by atoms with Gasteiger partial charge in [0.2, 0.25) is 12.3 Å². The summed E-state index contributed by atoms with van der Waals surface area (Å²) < 4.78 is 69.2. The van der Waals surface area contributed by atoms with E-state index in [9.17, 15) is 36.6 Å². The fourth-order valence-electron chi connectivity index (χ4n) is 8.95. The fourth-order valence-corrected chi connectivity index (χ4v) is 8.95. The summed E-state index contributed by atoms with van der Waals surface area (Å²) in [6, 6.07) is 19.3. The number of benzene rings is 3. The predicted octanol–water partition coefficient (Wildman–Crippen LogP) is 10.5. The van der Waals surface area contributed by atoms with Crippen LogP contribution in [0, 0.1) is 5.41 Å². The van der Waals surface area contributed by atoms with Gasteiger partial charge in [-0.2, -0.15) is 13.2 Å². The number of fused-ring (bicyclic) bond motifs is 4. The van der Waals surface area contributed by atoms with Crippen LogP contribution in [0.4, 0.5) is 22.0 Å². The number of hydrogen-bond acceptors (Lipinski definition) is 4. The molecule has 3 heterocycles. The summed E-state index contributed by atoms with van der Waals surface area (Å²) in [6.45, 7) is 2.61. The van der Waals surface area contributed by atoms with Gasteiger partial charge in [0.1, 0.15) is 11.5 Å². The second kappa shape index (κ2) is 17.6. The molecule has 4 aromatic rings. The summed E-state index contributed by atoms with van der Waals surface area (Å²) in [7, 11) is 0. The lowest BCUT2D eigenvalue weighted by atomic mass is 9.77. The van der Waals surface area contributed by atoms with Crippen LogP contribution in [0.25, 0.3) is 32.8 Å². The molecule has 294 valence electrons. The molecule has 6 nitrogen and oxygen atoms in total. The number of carbonyl (C=O) groups excluding carboxylic acids is 1. The highest BCUT2D eigenvalue weighted by atomic mass is 19.4. The fraction of sp³-hybridized carbons (Fsp3) is 0.477. The third-order valence-electron chi connectivity index (χ3n) is 11.7. The normalized spacial score (nSPS) is 19.3. The first-order chi connectivity index (χ1) is 26.4. The Morgan fingerprint density at radius 2 is 1.69 bits per heavy atom. The zero-order valence-corrected chi connectivity index (χ0v) is 31.3. The van der Waals surface area contributed by atoms with Crippen LogP contribution in [0.1, 0.15) is 88.7 Å². The second-order valence-electron chi connectivity index (χ2n) is 15.2. The van der Waals surface area contributed by atoms with Crippen molar-refractivity contribution >= 4 is 33.4 Å². The Balaban J connectivity index is 1.24. The number of aromatic nitrogens is 1. The molecule has 2 aliphatic rings. The Hall–Kier alpha value is -4.38. The van der Waals surface area contributed by atoms with E-state index in [0.717, 1.165) is 65.0 Å². The van der Waals surface area contributed by atoms with E-state index in [1.54, 1.807) is 18.3 Å². The minimum atomic E-state index is -5.00. The molecule has 1 aromatic heterocycles. The Kier molecular flexibility index (Phi) is 12.9. The van der Waals surface area contributed by atoms with Crippen molar-refractivity contribution in [1.82, 2.24) is 15.2 Å². The van der Waals surface area contributed by atoms with Crippen LogP contribution in [-0.4, -0.2) is 64.1 Å². The Labute approximate surface area is 319 Å². The number of hydrogen-bond donors (Lipinski definition) is 2. The molecule has 6 rings (SSSR count). The first kappa shape index (κ1) is 40.3. The topological polar surface area (TPSA) is 82.5 Å². The van der Waals surface area contributed by atoms with Crippen LogP contribution in [0.3, 0.4) is 0 Å². The number of allylic oxidation sites excluding steroid dienone is 2. The van der Waals surface area contributed by atoms with Gasteiger partial charge in [-0.05, 0) is 104 Å². The van der Waals surface area contributed by atoms with Gasteiger partial charge in [-0.1, -0.05) is 80.4 Å². The third-order valence-corrected chi connectivity index (χ3v) is 11.7. The molecule has 11 heteroatoms. The molecule has 2 N–H and O–H groups in total. The van der Waals surface area contributed by atoms with Crippen molar-refractivity contribution in [2.75, 3.05) is 6.54 Å². The molecular weight excluding hydrogens is 713 g/mol. The van der Waals surface area contributed by atoms with Gasteiger partial charge in [0.25, 0.3) is 0 Å². The number of carboxylic acids is 1. The summed E-state index contributed by atoms with van der Waals surface area (Å²) >= 11 is 0. The zero-order valence-electron chi connectivity index (χ0n) is 31.3. The lowest BCUT2D eigenvalue weighted by Crippen LogP contribution is -2.55. The molecule has 2 fully saturated rings. The van der Waals surface area contributed by atoms with Gasteiger partial charge >= 0.3 is 12.1 Å². The van der Waals surface area contributed by atoms with Crippen LogP contribution in [0.2, 0.25) is 0 Å². The molecule has 2 bridgehead atoms. The maximum absolute atomic E-state index is 14.7. The van der Waals surface area contributed by atoms with Gasteiger partial charge < -0.3 is 10.4 Å². The van der Waals surface area contributed by atoms with Gasteiger partial charge in [-0.15, -0.1) is 0 Å². The van der Waals surface area contributed by atoms with Gasteiger partial charge in [0.05, 0.1) is 5.69 Å². The van der Waals surface area contributed by atoms with Crippen LogP contribution in [0.5, 0.6) is 0 Å². The number of nitrogens with zero attached hydrogens (tertiary/aromatic N) is 2. The standard InChI is InChI=1S/C44H50F5N3O3/c1-2-23-43(44(47,48)49,24-5-3-4-17-39(45)46)42(55)51-38(41(53)54)28-31-11-6-15-35-34(31)14-8-16-36(35)40-37-27-29(18-19-30(37)22-25-50-40)10-9-26-52-32-12-7-13-33(52)21-20-32/h3-4,6,8,11,14-16,18-19,22,25,27,32-33,38-39H,2,5,7,9-10,12-13,17,20-21,23-24,26,28H2,1H3,(H,51,55)(H,53,54)/b4-3-/t32?,33?,38-,43?/m0/s1. The first-order valence-corrected chi connectivity index (χ1v) is 19.6. The Morgan fingerprint density at radius 3 is 2.40 bits per heavy atom. The van der Waals surface area contributed by atoms with E-state index in [-0.39, 0.29) is 19.3 Å². The number of amides is 1. The monoisotopic (exact) mass is 763 g/mol. The molecule has 4 atom stereocenters. The van der Waals surface area contributed by atoms with Crippen molar-refractivity contribution in [3.63, 3.8) is 0 Å². The number of halogens is 5. The second-order valence-corrected chi connectivity index (χ2v) is 15.2. The number of pyridine rings is 1. The van der Waals surface area contributed by atoms with Gasteiger partial charge in [0.15, 0.2) is 0 Å². The number of carboxylic acid groups (broad SMARTS) is 1. The average Bonchev–Trinajstić information content (AvgIpc) is 3.36. The predicted molar refractivity (Wildman–Crippen MR) is 206 cm³/mol. The summed E-state index contributed by atoms with van der Waals surface area (Å²) in [5.41, 5.74) is 0.498. The highest BCUT2D eigenvalue weighted by Crippen LogP contribution is 2.46. The number of nitrogens with one attached hydrogen (secondary N) is 1. The van der Waals surface area contributed by atoms with E-state index in [4.69, 9.17) is 4.98 Å². The van der Waals surface area contributed by atoms with Crippen LogP contribution in [0.15, 0.2) is 79.0 Å². The molecule has 0 radical (unpaired) electrons. The molecule has 0 saturated carbocycles. The number of piperidine rings is 1. The quantitative estimate of drug-likeness (QED) is 0.0827. The van der Waals surface area contributed by atoms with Crippen molar-refractivity contribution in [3.8, 4) is 11.3 Å². The lowest BCUT2D eigenvalue weighted by Gasteiger charge is -2.35. The van der Waals surface area contributed by atoms with E-state index in [0.29, 0.717) is 10.9 Å². The minimum Gasteiger partial charge on any atom is -0.480 e. The van der Waals surface area contributed by atoms with Crippen molar-refractivity contribution in [3.05, 3.63) is 90.1 Å². The van der Waals surface area contributed by atoms with E-state index in [2.05, 4.69) is 28.4 Å². The molecule has 3 aromatic carbocycles. The van der Waals surface area contributed by atoms with Crippen LogP contribution >= 0.6 is 0 Å². The number of alkyl halides is 5. The van der Waals surface area contributed by atoms with E-state index in [1.807, 2.05) is 30.3 Å². The summed E-state index contributed by atoms with van der Waals surface area (Å²) in [6.07, 6.45) is 2.64. The lowest BCUT2D eigenvalue weighted by molar-refractivity contribution is -0.226. The summed E-state index contributed by atoms with van der Waals surface area (Å²) in [5.74, 6) is -2.90. The van der Waals surface area contributed by atoms with Gasteiger partial charge in [-0.3, -0.25) is 14.7 Å². The smallest absolute Gasteiger partial charge is 0.403 e.